The summed E-state index contributed by atoms with van der Waals surface area (Å²) in [5, 5.41) is 1.85. The molecule has 0 bridgehead atoms. The zero-order valence-electron chi connectivity index (χ0n) is 12.7. The number of nitrogens with zero attached hydrogens (tertiary/aromatic N) is 2. The van der Waals surface area contributed by atoms with Crippen LogP contribution in [0.15, 0.2) is 35.5 Å². The Morgan fingerprint density at radius 1 is 1.21 bits per heavy atom. The van der Waals surface area contributed by atoms with Gasteiger partial charge in [-0.15, -0.1) is 0 Å². The minimum atomic E-state index is -1.84. The fourth-order valence-electron chi connectivity index (χ4n) is 1.87. The molecule has 0 fully saturated rings. The first-order valence-corrected chi connectivity index (χ1v) is 8.79. The highest BCUT2D eigenvalue weighted by atomic mass is 35.6. The number of nitrogens with one attached hydrogen (secondary N) is 1. The van der Waals surface area contributed by atoms with Crippen LogP contribution in [0.1, 0.15) is 21.7 Å². The molecule has 0 aliphatic rings. The molecule has 1 atom stereocenters. The molecule has 0 spiro atoms. The van der Waals surface area contributed by atoms with Crippen LogP contribution in [0.25, 0.3) is 0 Å². The number of rotatable bonds is 4. The van der Waals surface area contributed by atoms with Gasteiger partial charge in [-0.2, -0.15) is 0 Å². The summed E-state index contributed by atoms with van der Waals surface area (Å²) in [4.78, 5) is 20.7. The molecule has 4 nitrogen and oxygen atoms in total. The lowest BCUT2D eigenvalue weighted by Crippen LogP contribution is -2.41. The summed E-state index contributed by atoms with van der Waals surface area (Å²) in [6.45, 7) is 3.61. The van der Waals surface area contributed by atoms with Gasteiger partial charge in [-0.3, -0.25) is 4.79 Å². The monoisotopic (exact) mass is 407 g/mol. The van der Waals surface area contributed by atoms with Crippen LogP contribution < -0.4 is 5.32 Å². The summed E-state index contributed by atoms with van der Waals surface area (Å²) < 4.78 is 11.9. The summed E-state index contributed by atoms with van der Waals surface area (Å²) in [7, 11) is 0. The minimum absolute atomic E-state index is 0.140. The third-order valence-electron chi connectivity index (χ3n) is 2.86. The molecule has 1 amide bonds. The van der Waals surface area contributed by atoms with E-state index in [1.807, 2.05) is 0 Å². The second-order valence-corrected chi connectivity index (χ2v) is 8.37. The van der Waals surface area contributed by atoms with Crippen LogP contribution in [-0.2, 0) is 0 Å². The first kappa shape index (κ1) is 19.2. The average Bonchev–Trinajstić information content (AvgIpc) is 2.44. The van der Waals surface area contributed by atoms with Crippen molar-refractivity contribution in [1.82, 2.24) is 15.3 Å². The standard InChI is InChI=1S/C15H13Cl3FN3OS/c1-8-7-9(2)21-14(20-8)24-13(15(16,17)18)22-12(23)10-5-3-4-6-11(10)19/h3-7,13H,1-2H3,(H,22,23)/t13-/m0/s1. The van der Waals surface area contributed by atoms with E-state index >= 15 is 0 Å². The molecule has 2 aromatic rings. The van der Waals surface area contributed by atoms with Crippen molar-refractivity contribution >= 4 is 52.5 Å². The molecule has 1 N–H and O–H groups in total. The van der Waals surface area contributed by atoms with Crippen LogP contribution >= 0.6 is 46.6 Å². The van der Waals surface area contributed by atoms with Gasteiger partial charge in [0, 0.05) is 11.4 Å². The lowest BCUT2D eigenvalue weighted by atomic mass is 10.2. The Labute approximate surface area is 158 Å². The highest BCUT2D eigenvalue weighted by Gasteiger charge is 2.36. The molecule has 0 saturated heterocycles. The molecular formula is C15H13Cl3FN3OS. The number of carbonyl (C=O) groups is 1. The van der Waals surface area contributed by atoms with Crippen LogP contribution in [-0.4, -0.2) is 25.0 Å². The molecule has 9 heteroatoms. The van der Waals surface area contributed by atoms with E-state index in [1.54, 1.807) is 26.0 Å². The Morgan fingerprint density at radius 2 is 1.79 bits per heavy atom. The SMILES string of the molecule is Cc1cc(C)nc(S[C@H](NC(=O)c2ccccc2F)C(Cl)(Cl)Cl)n1. The minimum Gasteiger partial charge on any atom is -0.336 e. The summed E-state index contributed by atoms with van der Waals surface area (Å²) in [5.74, 6) is -1.35. The topological polar surface area (TPSA) is 54.9 Å². The summed E-state index contributed by atoms with van der Waals surface area (Å²) in [6, 6.07) is 7.35. The van der Waals surface area contributed by atoms with E-state index in [2.05, 4.69) is 15.3 Å². The van der Waals surface area contributed by atoms with Gasteiger partial charge in [0.2, 0.25) is 3.79 Å². The van der Waals surface area contributed by atoms with Gasteiger partial charge in [-0.05, 0) is 32.0 Å². The van der Waals surface area contributed by atoms with Crippen molar-refractivity contribution in [3.05, 3.63) is 53.1 Å². The molecule has 0 aliphatic carbocycles. The Kier molecular flexibility index (Phi) is 6.31. The highest BCUT2D eigenvalue weighted by molar-refractivity contribution is 8.00. The number of alkyl halides is 3. The number of hydrogen-bond acceptors (Lipinski definition) is 4. The summed E-state index contributed by atoms with van der Waals surface area (Å²) in [6.07, 6.45) is 0. The zero-order chi connectivity index (χ0) is 17.9. The number of aromatic nitrogens is 2. The molecule has 2 rings (SSSR count). The van der Waals surface area contributed by atoms with Crippen LogP contribution in [0, 0.1) is 19.7 Å². The second kappa shape index (κ2) is 7.87. The molecule has 1 aromatic carbocycles. The maximum atomic E-state index is 13.7. The summed E-state index contributed by atoms with van der Waals surface area (Å²) in [5.41, 5.74) is 1.35. The number of benzene rings is 1. The average molecular weight is 409 g/mol. The first-order valence-electron chi connectivity index (χ1n) is 6.78. The van der Waals surface area contributed by atoms with Gasteiger partial charge in [0.15, 0.2) is 5.16 Å². The fourth-order valence-corrected chi connectivity index (χ4v) is 3.34. The quantitative estimate of drug-likeness (QED) is 0.351. The Bertz CT molecular complexity index is 735. The van der Waals surface area contributed by atoms with Crippen LogP contribution in [0.4, 0.5) is 4.39 Å². The molecule has 0 unspecified atom stereocenters. The number of halogens is 4. The predicted molar refractivity (Wildman–Crippen MR) is 95.3 cm³/mol. The number of amides is 1. The van der Waals surface area contributed by atoms with E-state index < -0.39 is 20.9 Å². The van der Waals surface area contributed by atoms with Gasteiger partial charge in [-0.1, -0.05) is 58.7 Å². The molecule has 128 valence electrons. The van der Waals surface area contributed by atoms with Crippen molar-refractivity contribution in [1.29, 1.82) is 0 Å². The molecule has 1 heterocycles. The van der Waals surface area contributed by atoms with Gasteiger partial charge in [0.25, 0.3) is 5.91 Å². The van der Waals surface area contributed by atoms with E-state index in [4.69, 9.17) is 34.8 Å². The van der Waals surface area contributed by atoms with Crippen molar-refractivity contribution in [3.63, 3.8) is 0 Å². The highest BCUT2D eigenvalue weighted by Crippen LogP contribution is 2.38. The molecular weight excluding hydrogens is 396 g/mol. The van der Waals surface area contributed by atoms with Gasteiger partial charge in [-0.25, -0.2) is 14.4 Å². The van der Waals surface area contributed by atoms with Crippen molar-refractivity contribution in [2.45, 2.75) is 28.2 Å². The maximum Gasteiger partial charge on any atom is 0.255 e. The smallest absolute Gasteiger partial charge is 0.255 e. The van der Waals surface area contributed by atoms with E-state index in [0.29, 0.717) is 5.16 Å². The van der Waals surface area contributed by atoms with Crippen molar-refractivity contribution < 1.29 is 9.18 Å². The van der Waals surface area contributed by atoms with Crippen LogP contribution in [0.3, 0.4) is 0 Å². The molecule has 0 aliphatic heterocycles. The molecule has 24 heavy (non-hydrogen) atoms. The normalized spacial score (nSPS) is 12.8. The predicted octanol–water partition coefficient (Wildman–Crippen LogP) is 4.45. The first-order chi connectivity index (χ1) is 11.2. The Morgan fingerprint density at radius 3 is 2.33 bits per heavy atom. The van der Waals surface area contributed by atoms with E-state index in [9.17, 15) is 9.18 Å². The number of carbonyl (C=O) groups excluding carboxylic acids is 1. The van der Waals surface area contributed by atoms with Crippen molar-refractivity contribution in [3.8, 4) is 0 Å². The second-order valence-electron chi connectivity index (χ2n) is 4.93. The van der Waals surface area contributed by atoms with Gasteiger partial charge in [0.1, 0.15) is 11.2 Å². The van der Waals surface area contributed by atoms with Gasteiger partial charge in [0.05, 0.1) is 5.56 Å². The van der Waals surface area contributed by atoms with E-state index in [0.717, 1.165) is 23.1 Å². The van der Waals surface area contributed by atoms with Crippen molar-refractivity contribution in [2.75, 3.05) is 0 Å². The Hall–Kier alpha value is -1.08. The molecule has 0 saturated carbocycles. The largest absolute Gasteiger partial charge is 0.336 e. The van der Waals surface area contributed by atoms with E-state index in [1.165, 1.54) is 18.2 Å². The Balaban J connectivity index is 2.23. The zero-order valence-corrected chi connectivity index (χ0v) is 15.8. The van der Waals surface area contributed by atoms with Gasteiger partial charge < -0.3 is 5.32 Å². The number of aryl methyl sites for hydroxylation is 2. The lowest BCUT2D eigenvalue weighted by molar-refractivity contribution is 0.0946. The molecule has 0 radical (unpaired) electrons. The number of thioether (sulfide) groups is 1. The van der Waals surface area contributed by atoms with Crippen LogP contribution in [0.2, 0.25) is 0 Å². The number of hydrogen-bond donors (Lipinski definition) is 1. The molecule has 1 aromatic heterocycles. The van der Waals surface area contributed by atoms with Gasteiger partial charge >= 0.3 is 0 Å². The third kappa shape index (κ3) is 5.21. The fraction of sp³-hybridized carbons (Fsp3) is 0.267. The maximum absolute atomic E-state index is 13.7. The lowest BCUT2D eigenvalue weighted by Gasteiger charge is -2.24. The van der Waals surface area contributed by atoms with E-state index in [-0.39, 0.29) is 5.56 Å². The van der Waals surface area contributed by atoms with Crippen LogP contribution in [0.5, 0.6) is 0 Å². The van der Waals surface area contributed by atoms with Crippen molar-refractivity contribution in [2.24, 2.45) is 0 Å². The summed E-state index contributed by atoms with van der Waals surface area (Å²) >= 11 is 18.8. The third-order valence-corrected chi connectivity index (χ3v) is 5.01.